The van der Waals surface area contributed by atoms with Gasteiger partial charge in [0, 0.05) is 26.1 Å². The molecule has 0 saturated heterocycles. The van der Waals surface area contributed by atoms with Crippen molar-refractivity contribution in [2.45, 2.75) is 19.5 Å². The molecule has 0 bridgehead atoms. The van der Waals surface area contributed by atoms with Crippen molar-refractivity contribution in [3.8, 4) is 0 Å². The fourth-order valence-corrected chi connectivity index (χ4v) is 0.819. The van der Waals surface area contributed by atoms with E-state index in [1.807, 2.05) is 0 Å². The first-order chi connectivity index (χ1) is 5.02. The van der Waals surface area contributed by atoms with Gasteiger partial charge in [-0.05, 0) is 6.07 Å². The molecule has 0 spiro atoms. The van der Waals surface area contributed by atoms with Gasteiger partial charge in [0.15, 0.2) is 0 Å². The smallest absolute Gasteiger partial charge is 0.205 e. The molecule has 1 unspecified atom stereocenters. The van der Waals surface area contributed by atoms with E-state index >= 15 is 0 Å². The fraction of sp³-hybridized carbons (Fsp3) is 0.429. The number of quaternary nitrogens is 1. The van der Waals surface area contributed by atoms with E-state index in [1.54, 1.807) is 32.2 Å². The summed E-state index contributed by atoms with van der Waals surface area (Å²) in [5, 5.41) is 11.3. The molecule has 4 N–H and O–H groups in total. The molecule has 62 valence electrons. The summed E-state index contributed by atoms with van der Waals surface area (Å²) in [5.74, 6) is 0.567. The highest BCUT2D eigenvalue weighted by atomic mass is 16.5. The molecule has 1 heterocycles. The number of nitrogens with one attached hydrogen (secondary N) is 2. The Kier molecular flexibility index (Phi) is 1.99. The molecule has 1 aromatic rings. The van der Waals surface area contributed by atoms with Crippen molar-refractivity contribution in [3.63, 3.8) is 0 Å². The molecule has 0 aliphatic carbocycles. The third-order valence-corrected chi connectivity index (χ3v) is 1.43. The highest BCUT2D eigenvalue weighted by Gasteiger charge is 2.20. The number of hydroxylamine groups is 1. The van der Waals surface area contributed by atoms with Crippen molar-refractivity contribution in [1.29, 1.82) is 0 Å². The van der Waals surface area contributed by atoms with Gasteiger partial charge in [-0.1, -0.05) is 0 Å². The first kappa shape index (κ1) is 8.26. The van der Waals surface area contributed by atoms with Crippen LogP contribution >= 0.6 is 0 Å². The molecule has 4 heteroatoms. The molecule has 0 fully saturated rings. The molecule has 0 radical (unpaired) electrons. The van der Waals surface area contributed by atoms with E-state index in [0.717, 1.165) is 0 Å². The number of H-pyrrole nitrogens is 1. The van der Waals surface area contributed by atoms with E-state index in [2.05, 4.69) is 4.98 Å². The average molecular weight is 155 g/mol. The van der Waals surface area contributed by atoms with Crippen molar-refractivity contribution in [2.75, 3.05) is 0 Å². The zero-order valence-corrected chi connectivity index (χ0v) is 6.72. The largest absolute Gasteiger partial charge is 0.626 e. The second-order valence-corrected chi connectivity index (χ2v) is 3.13. The number of hydrogen-bond donors (Lipinski definition) is 3. The SMILES string of the molecule is CC(C)(N)[NH+]([O-])c1ccc[nH]1. The lowest BCUT2D eigenvalue weighted by atomic mass is 10.2. The van der Waals surface area contributed by atoms with E-state index in [9.17, 15) is 5.21 Å². The number of aromatic amines is 1. The Hall–Kier alpha value is -0.840. The molecular formula is C7H13N3O. The Morgan fingerprint density at radius 2 is 2.27 bits per heavy atom. The molecule has 0 aliphatic heterocycles. The summed E-state index contributed by atoms with van der Waals surface area (Å²) in [6.07, 6.45) is 1.71. The summed E-state index contributed by atoms with van der Waals surface area (Å²) in [6, 6.07) is 3.50. The Bertz CT molecular complexity index is 212. The van der Waals surface area contributed by atoms with Crippen LogP contribution in [0.4, 0.5) is 5.82 Å². The van der Waals surface area contributed by atoms with Gasteiger partial charge in [-0.3, -0.25) is 5.73 Å². The van der Waals surface area contributed by atoms with Crippen LogP contribution in [-0.4, -0.2) is 10.6 Å². The number of hydrogen-bond acceptors (Lipinski definition) is 2. The van der Waals surface area contributed by atoms with Crippen molar-refractivity contribution in [1.82, 2.24) is 4.98 Å². The lowest BCUT2D eigenvalue weighted by Gasteiger charge is -2.32. The summed E-state index contributed by atoms with van der Waals surface area (Å²) in [4.78, 5) is 2.81. The first-order valence-electron chi connectivity index (χ1n) is 3.49. The van der Waals surface area contributed by atoms with E-state index < -0.39 is 5.66 Å². The normalized spacial score (nSPS) is 14.9. The Balaban J connectivity index is 2.78. The number of nitrogens with two attached hydrogens (primary N) is 1. The minimum atomic E-state index is -0.787. The molecule has 0 saturated carbocycles. The monoisotopic (exact) mass is 155 g/mol. The molecule has 1 atom stereocenters. The quantitative estimate of drug-likeness (QED) is 0.406. The van der Waals surface area contributed by atoms with Crippen molar-refractivity contribution < 1.29 is 5.06 Å². The number of rotatable bonds is 2. The van der Waals surface area contributed by atoms with Crippen LogP contribution in [0.2, 0.25) is 0 Å². The Morgan fingerprint density at radius 1 is 1.64 bits per heavy atom. The summed E-state index contributed by atoms with van der Waals surface area (Å²) < 4.78 is 0. The van der Waals surface area contributed by atoms with E-state index in [-0.39, 0.29) is 5.06 Å². The molecule has 1 rings (SSSR count). The van der Waals surface area contributed by atoms with Crippen LogP contribution in [0.3, 0.4) is 0 Å². The van der Waals surface area contributed by atoms with Gasteiger partial charge >= 0.3 is 0 Å². The minimum Gasteiger partial charge on any atom is -0.626 e. The molecule has 11 heavy (non-hydrogen) atoms. The highest BCUT2D eigenvalue weighted by Crippen LogP contribution is 1.97. The predicted molar refractivity (Wildman–Crippen MR) is 43.0 cm³/mol. The van der Waals surface area contributed by atoms with Crippen LogP contribution in [-0.2, 0) is 0 Å². The third kappa shape index (κ3) is 1.80. The topological polar surface area (TPSA) is 69.3 Å². The van der Waals surface area contributed by atoms with Gasteiger partial charge in [-0.25, -0.2) is 0 Å². The zero-order chi connectivity index (χ0) is 8.48. The zero-order valence-electron chi connectivity index (χ0n) is 6.72. The van der Waals surface area contributed by atoms with Crippen molar-refractivity contribution >= 4 is 5.82 Å². The maximum Gasteiger partial charge on any atom is 0.205 e. The van der Waals surface area contributed by atoms with Crippen LogP contribution in [0.5, 0.6) is 0 Å². The second-order valence-electron chi connectivity index (χ2n) is 3.13. The minimum absolute atomic E-state index is 0.0671. The predicted octanol–water partition coefficient (Wildman–Crippen LogP) is -0.276. The van der Waals surface area contributed by atoms with Crippen LogP contribution in [0.15, 0.2) is 18.3 Å². The molecule has 0 aliphatic rings. The Labute approximate surface area is 65.6 Å². The van der Waals surface area contributed by atoms with Crippen LogP contribution in [0.25, 0.3) is 0 Å². The molecule has 1 aromatic heterocycles. The molecule has 0 aromatic carbocycles. The third-order valence-electron chi connectivity index (χ3n) is 1.43. The van der Waals surface area contributed by atoms with Gasteiger partial charge in [0.25, 0.3) is 0 Å². The van der Waals surface area contributed by atoms with Gasteiger partial charge in [-0.15, -0.1) is 0 Å². The summed E-state index contributed by atoms with van der Waals surface area (Å²) >= 11 is 0. The Morgan fingerprint density at radius 3 is 2.64 bits per heavy atom. The maximum absolute atomic E-state index is 11.4. The van der Waals surface area contributed by atoms with Gasteiger partial charge < -0.3 is 15.3 Å². The number of aromatic nitrogens is 1. The maximum atomic E-state index is 11.4. The van der Waals surface area contributed by atoms with E-state index in [0.29, 0.717) is 5.82 Å². The van der Waals surface area contributed by atoms with Gasteiger partial charge in [0.2, 0.25) is 5.82 Å². The van der Waals surface area contributed by atoms with Gasteiger partial charge in [-0.2, -0.15) is 0 Å². The molecular weight excluding hydrogens is 142 g/mol. The van der Waals surface area contributed by atoms with E-state index in [1.165, 1.54) is 0 Å². The summed E-state index contributed by atoms with van der Waals surface area (Å²) in [5.41, 5.74) is 4.81. The van der Waals surface area contributed by atoms with Crippen LogP contribution in [0.1, 0.15) is 13.8 Å². The highest BCUT2D eigenvalue weighted by molar-refractivity contribution is 5.17. The summed E-state index contributed by atoms with van der Waals surface area (Å²) in [6.45, 7) is 3.38. The summed E-state index contributed by atoms with van der Waals surface area (Å²) in [7, 11) is 0. The van der Waals surface area contributed by atoms with Gasteiger partial charge in [0.05, 0.1) is 0 Å². The molecule has 4 nitrogen and oxygen atoms in total. The van der Waals surface area contributed by atoms with Crippen LogP contribution < -0.4 is 10.8 Å². The van der Waals surface area contributed by atoms with Crippen molar-refractivity contribution in [2.24, 2.45) is 5.73 Å². The first-order valence-corrected chi connectivity index (χ1v) is 3.49. The average Bonchev–Trinajstić information content (AvgIpc) is 2.34. The lowest BCUT2D eigenvalue weighted by Crippen LogP contribution is -3.13. The van der Waals surface area contributed by atoms with Gasteiger partial charge in [0.1, 0.15) is 5.66 Å². The molecule has 0 amide bonds. The lowest BCUT2D eigenvalue weighted by molar-refractivity contribution is -0.837. The standard InChI is InChI=1S/C7H13N3O/c1-7(2,8)10(11)6-4-3-5-9-6/h3-5,9-10H,8H2,1-2H3. The second kappa shape index (κ2) is 2.65. The van der Waals surface area contributed by atoms with E-state index in [4.69, 9.17) is 5.73 Å². The van der Waals surface area contributed by atoms with Crippen LogP contribution in [0, 0.1) is 5.21 Å². The fourth-order valence-electron chi connectivity index (χ4n) is 0.819. The van der Waals surface area contributed by atoms with Crippen molar-refractivity contribution in [3.05, 3.63) is 23.5 Å².